The molecule has 0 spiro atoms. The van der Waals surface area contributed by atoms with E-state index in [4.69, 9.17) is 4.74 Å². The number of esters is 1. The van der Waals surface area contributed by atoms with E-state index in [2.05, 4.69) is 10.2 Å². The third kappa shape index (κ3) is 7.67. The highest BCUT2D eigenvalue weighted by atomic mass is 16.5. The van der Waals surface area contributed by atoms with Crippen LogP contribution in [0.5, 0.6) is 0 Å². The van der Waals surface area contributed by atoms with Crippen LogP contribution in [0.1, 0.15) is 76.2 Å². The van der Waals surface area contributed by atoms with Crippen molar-refractivity contribution in [3.8, 4) is 0 Å². The summed E-state index contributed by atoms with van der Waals surface area (Å²) in [6.45, 7) is 0.0252. The average molecular weight is 429 g/mol. The maximum absolute atomic E-state index is 13.0. The van der Waals surface area contributed by atoms with E-state index < -0.39 is 5.97 Å². The minimum absolute atomic E-state index is 0.0553. The smallest absolute Gasteiger partial charge is 0.308 e. The topological polar surface area (TPSA) is 75.7 Å². The van der Waals surface area contributed by atoms with E-state index in [0.29, 0.717) is 12.1 Å². The second-order valence-corrected chi connectivity index (χ2v) is 8.81. The lowest BCUT2D eigenvalue weighted by Gasteiger charge is -2.41. The number of hydrogen-bond acceptors (Lipinski definition) is 4. The van der Waals surface area contributed by atoms with Crippen molar-refractivity contribution in [2.75, 3.05) is 13.2 Å². The van der Waals surface area contributed by atoms with Gasteiger partial charge in [-0.3, -0.25) is 14.4 Å². The van der Waals surface area contributed by atoms with Gasteiger partial charge in [0.25, 0.3) is 5.91 Å². The van der Waals surface area contributed by atoms with Gasteiger partial charge < -0.3 is 15.0 Å². The van der Waals surface area contributed by atoms with Gasteiger partial charge in [0.1, 0.15) is 0 Å². The molecule has 1 aromatic carbocycles. The molecular formula is C25H36N2O4. The zero-order valence-corrected chi connectivity index (χ0v) is 18.5. The SMILES string of the molecule is O=C(Cc1ccccc1)NCCC(=O)OCC(=O)N(C1CCCCC1)C1CCCCC1. The van der Waals surface area contributed by atoms with Gasteiger partial charge in [-0.2, -0.15) is 0 Å². The first-order valence-electron chi connectivity index (χ1n) is 11.9. The maximum atomic E-state index is 13.0. The summed E-state index contributed by atoms with van der Waals surface area (Å²) >= 11 is 0. The number of carbonyl (C=O) groups excluding carboxylic acids is 3. The number of carbonyl (C=O) groups is 3. The van der Waals surface area contributed by atoms with Crippen LogP contribution in [0.25, 0.3) is 0 Å². The van der Waals surface area contributed by atoms with Crippen molar-refractivity contribution in [2.45, 2.75) is 89.1 Å². The average Bonchev–Trinajstić information content (AvgIpc) is 2.80. The summed E-state index contributed by atoms with van der Waals surface area (Å²) in [5.74, 6) is -0.628. The Bertz CT molecular complexity index is 691. The molecule has 2 aliphatic carbocycles. The lowest BCUT2D eigenvalue weighted by atomic mass is 9.88. The van der Waals surface area contributed by atoms with Gasteiger partial charge in [-0.25, -0.2) is 0 Å². The van der Waals surface area contributed by atoms with E-state index in [9.17, 15) is 14.4 Å². The molecule has 0 bridgehead atoms. The Morgan fingerprint density at radius 2 is 1.45 bits per heavy atom. The van der Waals surface area contributed by atoms with Crippen molar-refractivity contribution < 1.29 is 19.1 Å². The van der Waals surface area contributed by atoms with Crippen LogP contribution in [0.3, 0.4) is 0 Å². The van der Waals surface area contributed by atoms with Crippen molar-refractivity contribution in [1.29, 1.82) is 0 Å². The normalized spacial score (nSPS) is 17.7. The molecular weight excluding hydrogens is 392 g/mol. The zero-order chi connectivity index (χ0) is 21.9. The molecule has 0 radical (unpaired) electrons. The Balaban J connectivity index is 1.40. The van der Waals surface area contributed by atoms with Crippen molar-refractivity contribution in [1.82, 2.24) is 10.2 Å². The molecule has 3 rings (SSSR count). The molecule has 1 aromatic rings. The Hall–Kier alpha value is -2.37. The summed E-state index contributed by atoms with van der Waals surface area (Å²) in [4.78, 5) is 39.2. The summed E-state index contributed by atoms with van der Waals surface area (Å²) in [6, 6.07) is 10.1. The number of rotatable bonds is 9. The quantitative estimate of drug-likeness (QED) is 0.608. The molecule has 1 N–H and O–H groups in total. The highest BCUT2D eigenvalue weighted by molar-refractivity contribution is 5.82. The van der Waals surface area contributed by atoms with Crippen LogP contribution in [-0.2, 0) is 25.5 Å². The van der Waals surface area contributed by atoms with E-state index in [1.165, 1.54) is 38.5 Å². The summed E-state index contributed by atoms with van der Waals surface area (Å²) in [6.07, 6.45) is 11.8. The Kier molecular flexibility index (Phi) is 9.38. The van der Waals surface area contributed by atoms with Gasteiger partial charge in [0, 0.05) is 18.6 Å². The van der Waals surface area contributed by atoms with Crippen molar-refractivity contribution >= 4 is 17.8 Å². The Morgan fingerprint density at radius 3 is 2.03 bits per heavy atom. The van der Waals surface area contributed by atoms with Crippen LogP contribution in [-0.4, -0.2) is 47.9 Å². The van der Waals surface area contributed by atoms with Gasteiger partial charge >= 0.3 is 5.97 Å². The van der Waals surface area contributed by atoms with E-state index in [-0.39, 0.29) is 37.8 Å². The van der Waals surface area contributed by atoms with Gasteiger partial charge in [-0.1, -0.05) is 68.9 Å². The van der Waals surface area contributed by atoms with Crippen LogP contribution >= 0.6 is 0 Å². The van der Waals surface area contributed by atoms with E-state index in [1.54, 1.807) is 0 Å². The number of amides is 2. The molecule has 2 amide bonds. The van der Waals surface area contributed by atoms with Crippen molar-refractivity contribution in [2.24, 2.45) is 0 Å². The summed E-state index contributed by atoms with van der Waals surface area (Å²) in [5, 5.41) is 2.74. The molecule has 0 saturated heterocycles. The fraction of sp³-hybridized carbons (Fsp3) is 0.640. The molecule has 0 aromatic heterocycles. The zero-order valence-electron chi connectivity index (χ0n) is 18.5. The molecule has 2 saturated carbocycles. The van der Waals surface area contributed by atoms with Crippen molar-refractivity contribution in [3.63, 3.8) is 0 Å². The van der Waals surface area contributed by atoms with Gasteiger partial charge in [0.05, 0.1) is 12.8 Å². The van der Waals surface area contributed by atoms with Crippen LogP contribution in [0.2, 0.25) is 0 Å². The van der Waals surface area contributed by atoms with E-state index in [0.717, 1.165) is 31.2 Å². The number of ether oxygens (including phenoxy) is 1. The molecule has 2 aliphatic rings. The first-order valence-corrected chi connectivity index (χ1v) is 11.9. The lowest BCUT2D eigenvalue weighted by molar-refractivity contribution is -0.155. The molecule has 0 aliphatic heterocycles. The molecule has 0 heterocycles. The maximum Gasteiger partial charge on any atom is 0.308 e. The summed E-state index contributed by atoms with van der Waals surface area (Å²) < 4.78 is 5.29. The third-order valence-corrected chi connectivity index (χ3v) is 6.44. The summed E-state index contributed by atoms with van der Waals surface area (Å²) in [5.41, 5.74) is 0.929. The third-order valence-electron chi connectivity index (χ3n) is 6.44. The van der Waals surface area contributed by atoms with Gasteiger partial charge in [0.2, 0.25) is 5.91 Å². The Labute approximate surface area is 185 Å². The monoisotopic (exact) mass is 428 g/mol. The predicted octanol–water partition coefficient (Wildman–Crippen LogP) is 3.77. The first kappa shape index (κ1) is 23.3. The molecule has 6 nitrogen and oxygen atoms in total. The fourth-order valence-corrected chi connectivity index (χ4v) is 4.86. The number of benzene rings is 1. The standard InChI is InChI=1S/C25H36N2O4/c28-23(18-20-10-4-1-5-11-20)26-17-16-25(30)31-19-24(29)27(21-12-6-2-7-13-21)22-14-8-3-9-15-22/h1,4-5,10-11,21-22H,2-3,6-9,12-19H2,(H,26,28). The minimum atomic E-state index is -0.444. The van der Waals surface area contributed by atoms with Crippen molar-refractivity contribution in [3.05, 3.63) is 35.9 Å². The molecule has 31 heavy (non-hydrogen) atoms. The fourth-order valence-electron chi connectivity index (χ4n) is 4.86. The number of hydrogen-bond donors (Lipinski definition) is 1. The molecule has 6 heteroatoms. The number of nitrogens with zero attached hydrogens (tertiary/aromatic N) is 1. The summed E-state index contributed by atoms with van der Waals surface area (Å²) in [7, 11) is 0. The highest BCUT2D eigenvalue weighted by Gasteiger charge is 2.32. The largest absolute Gasteiger partial charge is 0.456 e. The number of nitrogens with one attached hydrogen (secondary N) is 1. The van der Waals surface area contributed by atoms with Crippen LogP contribution in [0, 0.1) is 0 Å². The minimum Gasteiger partial charge on any atom is -0.456 e. The van der Waals surface area contributed by atoms with Crippen LogP contribution in [0.15, 0.2) is 30.3 Å². The molecule has 0 unspecified atom stereocenters. The molecule has 2 fully saturated rings. The second kappa shape index (κ2) is 12.5. The van der Waals surface area contributed by atoms with Crippen LogP contribution in [0.4, 0.5) is 0 Å². The van der Waals surface area contributed by atoms with Gasteiger partial charge in [-0.05, 0) is 31.2 Å². The molecule has 0 atom stereocenters. The first-order chi connectivity index (χ1) is 15.1. The molecule has 170 valence electrons. The van der Waals surface area contributed by atoms with Gasteiger partial charge in [-0.15, -0.1) is 0 Å². The van der Waals surface area contributed by atoms with Crippen LogP contribution < -0.4 is 5.32 Å². The van der Waals surface area contributed by atoms with E-state index >= 15 is 0 Å². The second-order valence-electron chi connectivity index (χ2n) is 8.81. The van der Waals surface area contributed by atoms with E-state index in [1.807, 2.05) is 30.3 Å². The highest BCUT2D eigenvalue weighted by Crippen LogP contribution is 2.30. The lowest BCUT2D eigenvalue weighted by Crippen LogP contribution is -2.50. The Morgan fingerprint density at radius 1 is 0.871 bits per heavy atom. The van der Waals surface area contributed by atoms with Gasteiger partial charge in [0.15, 0.2) is 6.61 Å². The predicted molar refractivity (Wildman–Crippen MR) is 119 cm³/mol.